The lowest BCUT2D eigenvalue weighted by molar-refractivity contribution is -0.254. The van der Waals surface area contributed by atoms with Crippen LogP contribution in [0.3, 0.4) is 0 Å². The molecule has 20 heavy (non-hydrogen) atoms. The minimum Gasteiger partial charge on any atom is -0.545 e. The van der Waals surface area contributed by atoms with Crippen LogP contribution in [-0.2, 0) is 0 Å². The second kappa shape index (κ2) is 5.69. The minimum atomic E-state index is -1.42. The molecule has 0 unspecified atom stereocenters. The largest absolute Gasteiger partial charge is 0.545 e. The number of anilines is 2. The van der Waals surface area contributed by atoms with E-state index in [9.17, 15) is 14.3 Å². The Morgan fingerprint density at radius 1 is 1.25 bits per heavy atom. The fraction of sp³-hybridized carbons (Fsp3) is 0.0714. The van der Waals surface area contributed by atoms with E-state index in [1.165, 1.54) is 0 Å². The van der Waals surface area contributed by atoms with Crippen molar-refractivity contribution in [2.75, 3.05) is 5.32 Å². The highest BCUT2D eigenvalue weighted by atomic mass is 35.5. The van der Waals surface area contributed by atoms with E-state index in [0.717, 1.165) is 23.8 Å². The number of carboxylic acid groups (broad SMARTS) is 1. The van der Waals surface area contributed by atoms with Crippen molar-refractivity contribution in [3.63, 3.8) is 0 Å². The van der Waals surface area contributed by atoms with Gasteiger partial charge < -0.3 is 15.2 Å². The Hall–Kier alpha value is -1.78. The highest BCUT2D eigenvalue weighted by Gasteiger charge is 2.12. The topological polar surface area (TPSA) is 52.2 Å². The van der Waals surface area contributed by atoms with Crippen molar-refractivity contribution >= 4 is 40.5 Å². The SMILES string of the molecule is Cc1ccc(Cl)c(Nc2cc(F)ccc2C(=O)[O-])c1Cl. The number of benzene rings is 2. The van der Waals surface area contributed by atoms with Crippen LogP contribution in [0, 0.1) is 12.7 Å². The van der Waals surface area contributed by atoms with Gasteiger partial charge in [-0.1, -0.05) is 29.3 Å². The van der Waals surface area contributed by atoms with Crippen molar-refractivity contribution in [3.8, 4) is 0 Å². The summed E-state index contributed by atoms with van der Waals surface area (Å²) in [6.07, 6.45) is 0. The molecular weight excluding hydrogens is 304 g/mol. The molecule has 2 rings (SSSR count). The van der Waals surface area contributed by atoms with E-state index in [2.05, 4.69) is 5.32 Å². The van der Waals surface area contributed by atoms with Crippen molar-refractivity contribution in [2.24, 2.45) is 0 Å². The lowest BCUT2D eigenvalue weighted by atomic mass is 10.1. The molecule has 0 saturated heterocycles. The number of carboxylic acids is 1. The van der Waals surface area contributed by atoms with Gasteiger partial charge >= 0.3 is 0 Å². The van der Waals surface area contributed by atoms with E-state index in [-0.39, 0.29) is 11.3 Å². The molecule has 0 aliphatic heterocycles. The quantitative estimate of drug-likeness (QED) is 0.943. The van der Waals surface area contributed by atoms with Gasteiger partial charge in [-0.2, -0.15) is 0 Å². The summed E-state index contributed by atoms with van der Waals surface area (Å²) in [6.45, 7) is 1.77. The number of aryl methyl sites for hydroxylation is 1. The molecule has 0 heterocycles. The Bertz CT molecular complexity index is 689. The molecule has 0 saturated carbocycles. The number of nitrogens with one attached hydrogen (secondary N) is 1. The van der Waals surface area contributed by atoms with E-state index in [1.807, 2.05) is 0 Å². The van der Waals surface area contributed by atoms with Crippen molar-refractivity contribution in [2.45, 2.75) is 6.92 Å². The summed E-state index contributed by atoms with van der Waals surface area (Å²) in [7, 11) is 0. The van der Waals surface area contributed by atoms with Gasteiger partial charge in [-0.15, -0.1) is 0 Å². The van der Waals surface area contributed by atoms with Gasteiger partial charge in [0, 0.05) is 5.56 Å². The van der Waals surface area contributed by atoms with E-state index in [1.54, 1.807) is 19.1 Å². The monoisotopic (exact) mass is 312 g/mol. The third-order valence-corrected chi connectivity index (χ3v) is 3.55. The number of aromatic carboxylic acids is 1. The molecule has 0 fully saturated rings. The van der Waals surface area contributed by atoms with Gasteiger partial charge in [0.1, 0.15) is 5.82 Å². The van der Waals surface area contributed by atoms with Gasteiger partial charge in [0.15, 0.2) is 0 Å². The molecule has 0 aliphatic rings. The van der Waals surface area contributed by atoms with Crippen LogP contribution < -0.4 is 10.4 Å². The fourth-order valence-corrected chi connectivity index (χ4v) is 2.17. The molecule has 0 aliphatic carbocycles. The van der Waals surface area contributed by atoms with Crippen LogP contribution in [0.2, 0.25) is 10.0 Å². The van der Waals surface area contributed by atoms with E-state index in [0.29, 0.717) is 15.7 Å². The fourth-order valence-electron chi connectivity index (χ4n) is 1.70. The number of halogens is 3. The second-order valence-corrected chi connectivity index (χ2v) is 4.94. The number of hydrogen-bond acceptors (Lipinski definition) is 3. The lowest BCUT2D eigenvalue weighted by Crippen LogP contribution is -2.23. The molecule has 3 nitrogen and oxygen atoms in total. The molecule has 0 spiro atoms. The van der Waals surface area contributed by atoms with Crippen molar-refractivity contribution < 1.29 is 14.3 Å². The van der Waals surface area contributed by atoms with Gasteiger partial charge in [0.05, 0.1) is 27.4 Å². The summed E-state index contributed by atoms with van der Waals surface area (Å²) in [5.74, 6) is -2.01. The van der Waals surface area contributed by atoms with Crippen molar-refractivity contribution in [1.29, 1.82) is 0 Å². The van der Waals surface area contributed by atoms with Gasteiger partial charge in [0.2, 0.25) is 0 Å². The van der Waals surface area contributed by atoms with Crippen molar-refractivity contribution in [3.05, 3.63) is 57.3 Å². The maximum Gasteiger partial charge on any atom is 0.125 e. The third kappa shape index (κ3) is 2.86. The molecule has 0 radical (unpaired) electrons. The second-order valence-electron chi connectivity index (χ2n) is 4.16. The molecule has 2 aromatic carbocycles. The molecule has 2 aromatic rings. The molecule has 0 aromatic heterocycles. The van der Waals surface area contributed by atoms with Gasteiger partial charge in [-0.3, -0.25) is 0 Å². The zero-order valence-corrected chi connectivity index (χ0v) is 11.8. The summed E-state index contributed by atoms with van der Waals surface area (Å²) in [5, 5.41) is 14.4. The summed E-state index contributed by atoms with van der Waals surface area (Å²) < 4.78 is 13.3. The third-order valence-electron chi connectivity index (χ3n) is 2.75. The van der Waals surface area contributed by atoms with Crippen LogP contribution in [0.4, 0.5) is 15.8 Å². The highest BCUT2D eigenvalue weighted by molar-refractivity contribution is 6.39. The molecule has 6 heteroatoms. The maximum absolute atomic E-state index is 13.3. The smallest absolute Gasteiger partial charge is 0.125 e. The van der Waals surface area contributed by atoms with Crippen LogP contribution in [0.5, 0.6) is 0 Å². The minimum absolute atomic E-state index is 0.0272. The van der Waals surface area contributed by atoms with Crippen LogP contribution in [0.25, 0.3) is 0 Å². The lowest BCUT2D eigenvalue weighted by Gasteiger charge is -2.16. The first-order valence-electron chi connectivity index (χ1n) is 5.62. The Kier molecular flexibility index (Phi) is 4.16. The number of carbonyl (C=O) groups is 1. The Morgan fingerprint density at radius 2 is 1.95 bits per heavy atom. The number of carbonyl (C=O) groups excluding carboxylic acids is 1. The standard InChI is InChI=1S/C14H10Cl2FNO2/c1-7-2-5-10(15)13(12(7)16)18-11-6-8(17)3-4-9(11)14(19)20/h2-6,18H,1H3,(H,19,20)/p-1. The molecular formula is C14H9Cl2FNO2-. The predicted molar refractivity (Wildman–Crippen MR) is 75.2 cm³/mol. The zero-order chi connectivity index (χ0) is 14.9. The van der Waals surface area contributed by atoms with E-state index >= 15 is 0 Å². The molecule has 1 N–H and O–H groups in total. The van der Waals surface area contributed by atoms with E-state index in [4.69, 9.17) is 23.2 Å². The normalized spacial score (nSPS) is 10.4. The Balaban J connectivity index is 2.53. The summed E-state index contributed by atoms with van der Waals surface area (Å²) in [5.41, 5.74) is 0.922. The van der Waals surface area contributed by atoms with Crippen LogP contribution in [-0.4, -0.2) is 5.97 Å². The predicted octanol–water partition coefficient (Wildman–Crippen LogP) is 3.55. The average molecular weight is 313 g/mol. The van der Waals surface area contributed by atoms with Crippen molar-refractivity contribution in [1.82, 2.24) is 0 Å². The average Bonchev–Trinajstić information content (AvgIpc) is 2.39. The summed E-state index contributed by atoms with van der Waals surface area (Å²) in [4.78, 5) is 11.0. The van der Waals surface area contributed by atoms with Gasteiger partial charge in [-0.05, 0) is 36.8 Å². The number of hydrogen-bond donors (Lipinski definition) is 1. The summed E-state index contributed by atoms with van der Waals surface area (Å²) >= 11 is 12.1. The number of rotatable bonds is 3. The van der Waals surface area contributed by atoms with Crippen LogP contribution >= 0.6 is 23.2 Å². The van der Waals surface area contributed by atoms with Gasteiger partial charge in [0.25, 0.3) is 0 Å². The molecule has 0 amide bonds. The highest BCUT2D eigenvalue weighted by Crippen LogP contribution is 2.36. The summed E-state index contributed by atoms with van der Waals surface area (Å²) in [6, 6.07) is 6.53. The first kappa shape index (κ1) is 14.6. The molecule has 0 bridgehead atoms. The van der Waals surface area contributed by atoms with Crippen LogP contribution in [0.15, 0.2) is 30.3 Å². The first-order chi connectivity index (χ1) is 9.40. The molecule has 104 valence electrons. The Morgan fingerprint density at radius 3 is 2.60 bits per heavy atom. The zero-order valence-electron chi connectivity index (χ0n) is 10.3. The Labute approximate surface area is 124 Å². The maximum atomic E-state index is 13.3. The first-order valence-corrected chi connectivity index (χ1v) is 6.38. The van der Waals surface area contributed by atoms with E-state index < -0.39 is 11.8 Å². The van der Waals surface area contributed by atoms with Crippen LogP contribution in [0.1, 0.15) is 15.9 Å². The molecule has 0 atom stereocenters. The van der Waals surface area contributed by atoms with Gasteiger partial charge in [-0.25, -0.2) is 4.39 Å².